The molecule has 4 heterocycles. The van der Waals surface area contributed by atoms with Crippen LogP contribution < -0.4 is 15.4 Å². The number of nitrogens with zero attached hydrogens (tertiary/aromatic N) is 2. The maximum Gasteiger partial charge on any atom is 0.271 e. The topological polar surface area (TPSA) is 149 Å². The normalized spacial score (nSPS) is 23.8. The molecule has 3 amide bonds. The first-order valence-corrected chi connectivity index (χ1v) is 14.9. The number of hydrogen-bond donors (Lipinski definition) is 4. The van der Waals surface area contributed by atoms with Crippen LogP contribution in [0.3, 0.4) is 0 Å². The Morgan fingerprint density at radius 3 is 2.70 bits per heavy atom. The van der Waals surface area contributed by atoms with Gasteiger partial charge in [-0.15, -0.1) is 0 Å². The molecule has 0 radical (unpaired) electrons. The number of aromatic amines is 2. The van der Waals surface area contributed by atoms with Gasteiger partial charge in [0.05, 0.1) is 24.2 Å². The Kier molecular flexibility index (Phi) is 6.87. The number of carbonyl (C=O) groups excluding carboxylic acids is 4. The zero-order chi connectivity index (χ0) is 29.7. The van der Waals surface area contributed by atoms with Gasteiger partial charge in [0.2, 0.25) is 17.6 Å². The fourth-order valence-corrected chi connectivity index (χ4v) is 7.30. The molecule has 11 nitrogen and oxygen atoms in total. The van der Waals surface area contributed by atoms with Crippen LogP contribution in [0.4, 0.5) is 0 Å². The van der Waals surface area contributed by atoms with Gasteiger partial charge in [0.25, 0.3) is 5.91 Å². The van der Waals surface area contributed by atoms with Gasteiger partial charge in [-0.2, -0.15) is 0 Å². The minimum atomic E-state index is -0.975. The Morgan fingerprint density at radius 1 is 1.07 bits per heavy atom. The van der Waals surface area contributed by atoms with Crippen molar-refractivity contribution >= 4 is 45.4 Å². The third kappa shape index (κ3) is 4.82. The fourth-order valence-electron chi connectivity index (χ4n) is 7.30. The molecule has 0 bridgehead atoms. The average Bonchev–Trinajstić information content (AvgIpc) is 3.83. The molecule has 7 rings (SSSR count). The van der Waals surface area contributed by atoms with E-state index in [0.29, 0.717) is 42.0 Å². The van der Waals surface area contributed by atoms with Crippen LogP contribution in [-0.4, -0.2) is 75.6 Å². The summed E-state index contributed by atoms with van der Waals surface area (Å²) >= 11 is 0. The number of rotatable bonds is 8. The number of Topliss-reactive ketones (excluding diaryl/α,β-unsaturated/α-hetero) is 1. The Morgan fingerprint density at radius 2 is 1.91 bits per heavy atom. The Balaban J connectivity index is 1.18. The van der Waals surface area contributed by atoms with E-state index < -0.39 is 18.0 Å². The molecule has 5 atom stereocenters. The minimum Gasteiger partial charge on any atom is -0.496 e. The van der Waals surface area contributed by atoms with Gasteiger partial charge in [-0.05, 0) is 67.9 Å². The van der Waals surface area contributed by atoms with E-state index in [0.717, 1.165) is 30.2 Å². The molecule has 0 spiro atoms. The largest absolute Gasteiger partial charge is 0.496 e. The van der Waals surface area contributed by atoms with Crippen LogP contribution in [0.5, 0.6) is 5.75 Å². The second-order valence-corrected chi connectivity index (χ2v) is 11.9. The number of aromatic nitrogens is 3. The highest BCUT2D eigenvalue weighted by atomic mass is 16.5. The molecule has 43 heavy (non-hydrogen) atoms. The van der Waals surface area contributed by atoms with E-state index in [-0.39, 0.29) is 47.6 Å². The van der Waals surface area contributed by atoms with Crippen LogP contribution in [0, 0.1) is 17.8 Å². The van der Waals surface area contributed by atoms with Crippen molar-refractivity contribution in [2.75, 3.05) is 20.2 Å². The van der Waals surface area contributed by atoms with Crippen LogP contribution >= 0.6 is 0 Å². The van der Waals surface area contributed by atoms with E-state index in [2.05, 4.69) is 25.6 Å². The molecule has 222 valence electrons. The number of carbonyl (C=O) groups is 4. The number of benzene rings is 2. The SMILES string of the molecule is COc1cccc2[nH]c(C(=O)N3C[C@@H]4CCC[C@@H]4[C@H]3C(=O)N[C@@H](C[C@@H]3CCNC3=O)C(=O)c3nc4ccccc4[nH]3)cc12. The van der Waals surface area contributed by atoms with Gasteiger partial charge in [0.15, 0.2) is 5.82 Å². The van der Waals surface area contributed by atoms with Crippen molar-refractivity contribution in [3.05, 3.63) is 60.0 Å². The molecule has 2 saturated heterocycles. The lowest BCUT2D eigenvalue weighted by molar-refractivity contribution is -0.127. The van der Waals surface area contributed by atoms with Gasteiger partial charge in [-0.25, -0.2) is 4.98 Å². The van der Waals surface area contributed by atoms with E-state index in [4.69, 9.17) is 4.74 Å². The lowest BCUT2D eigenvalue weighted by Gasteiger charge is -2.29. The van der Waals surface area contributed by atoms with Crippen molar-refractivity contribution in [1.82, 2.24) is 30.5 Å². The standard InChI is InChI=1S/C32H34N6O5/c1-43-26-11-5-10-21-20(26)15-25(34-21)32(42)38-16-18-6-4-7-19(18)27(38)31(41)37-24(14-17-12-13-33-30(17)40)28(39)29-35-22-8-2-3-9-23(22)36-29/h2-3,5,8-11,15,17-19,24,27,34H,4,6-7,12-14,16H2,1H3,(H,33,40)(H,35,36)(H,37,41)/t17-,18-,19-,24-,27-/m0/s1. The summed E-state index contributed by atoms with van der Waals surface area (Å²) in [4.78, 5) is 66.9. The van der Waals surface area contributed by atoms with Crippen LogP contribution in [0.25, 0.3) is 21.9 Å². The third-order valence-corrected chi connectivity index (χ3v) is 9.43. The summed E-state index contributed by atoms with van der Waals surface area (Å²) in [6.07, 6.45) is 3.52. The molecule has 2 aromatic carbocycles. The van der Waals surface area contributed by atoms with Crippen molar-refractivity contribution in [2.45, 2.75) is 44.2 Å². The first kappa shape index (κ1) is 27.2. The van der Waals surface area contributed by atoms with E-state index >= 15 is 0 Å². The molecular weight excluding hydrogens is 548 g/mol. The van der Waals surface area contributed by atoms with E-state index in [1.165, 1.54) is 0 Å². The number of nitrogens with one attached hydrogen (secondary N) is 4. The number of amides is 3. The number of likely N-dealkylation sites (tertiary alicyclic amines) is 1. The van der Waals surface area contributed by atoms with Crippen molar-refractivity contribution in [3.63, 3.8) is 0 Å². The fraction of sp³-hybridized carbons (Fsp3) is 0.406. The minimum absolute atomic E-state index is 0.000374. The lowest BCUT2D eigenvalue weighted by atomic mass is 9.91. The first-order chi connectivity index (χ1) is 20.9. The summed E-state index contributed by atoms with van der Waals surface area (Å²) < 4.78 is 5.47. The number of ether oxygens (including phenoxy) is 1. The smallest absolute Gasteiger partial charge is 0.271 e. The number of ketones is 1. The highest BCUT2D eigenvalue weighted by molar-refractivity contribution is 6.04. The highest BCUT2D eigenvalue weighted by Gasteiger charge is 2.50. The number of hydrogen-bond acceptors (Lipinski definition) is 6. The molecule has 0 unspecified atom stereocenters. The maximum atomic E-state index is 14.2. The second kappa shape index (κ2) is 10.9. The summed E-state index contributed by atoms with van der Waals surface area (Å²) in [5.74, 6) is -0.542. The van der Waals surface area contributed by atoms with E-state index in [9.17, 15) is 19.2 Å². The average molecular weight is 583 g/mol. The zero-order valence-electron chi connectivity index (χ0n) is 23.9. The van der Waals surface area contributed by atoms with Crippen LogP contribution in [-0.2, 0) is 9.59 Å². The molecule has 11 heteroatoms. The molecule has 3 aliphatic rings. The summed E-state index contributed by atoms with van der Waals surface area (Å²) in [6.45, 7) is 1.01. The zero-order valence-corrected chi connectivity index (χ0v) is 23.9. The van der Waals surface area contributed by atoms with Crippen LogP contribution in [0.15, 0.2) is 48.5 Å². The van der Waals surface area contributed by atoms with E-state index in [1.54, 1.807) is 18.1 Å². The molecule has 3 fully saturated rings. The highest BCUT2D eigenvalue weighted by Crippen LogP contribution is 2.43. The third-order valence-electron chi connectivity index (χ3n) is 9.43. The van der Waals surface area contributed by atoms with Crippen molar-refractivity contribution in [1.29, 1.82) is 0 Å². The number of fused-ring (bicyclic) bond motifs is 3. The first-order valence-electron chi connectivity index (χ1n) is 14.9. The molecule has 2 aromatic heterocycles. The van der Waals surface area contributed by atoms with E-state index in [1.807, 2.05) is 42.5 Å². The van der Waals surface area contributed by atoms with Gasteiger partial charge in [-0.3, -0.25) is 19.2 Å². The van der Waals surface area contributed by atoms with Crippen molar-refractivity contribution < 1.29 is 23.9 Å². The molecular formula is C32H34N6O5. The number of methoxy groups -OCH3 is 1. The predicted octanol–water partition coefficient (Wildman–Crippen LogP) is 3.19. The van der Waals surface area contributed by atoms with Gasteiger partial charge in [0, 0.05) is 29.9 Å². The summed E-state index contributed by atoms with van der Waals surface area (Å²) in [6, 6.07) is 13.0. The number of H-pyrrole nitrogens is 2. The molecule has 2 aliphatic heterocycles. The molecule has 1 saturated carbocycles. The Labute approximate surface area is 247 Å². The number of imidazole rings is 1. The van der Waals surface area contributed by atoms with Crippen molar-refractivity contribution in [3.8, 4) is 5.75 Å². The summed E-state index contributed by atoms with van der Waals surface area (Å²) in [5, 5.41) is 6.60. The molecule has 1 aliphatic carbocycles. The van der Waals surface area contributed by atoms with Crippen molar-refractivity contribution in [2.24, 2.45) is 17.8 Å². The van der Waals surface area contributed by atoms with Gasteiger partial charge in [-0.1, -0.05) is 24.6 Å². The van der Waals surface area contributed by atoms with Crippen LogP contribution in [0.2, 0.25) is 0 Å². The number of para-hydroxylation sites is 2. The van der Waals surface area contributed by atoms with Gasteiger partial charge >= 0.3 is 0 Å². The van der Waals surface area contributed by atoms with Gasteiger partial charge < -0.3 is 30.2 Å². The molecule has 4 N–H and O–H groups in total. The summed E-state index contributed by atoms with van der Waals surface area (Å²) in [7, 11) is 1.59. The summed E-state index contributed by atoms with van der Waals surface area (Å²) in [5.41, 5.74) is 2.51. The second-order valence-electron chi connectivity index (χ2n) is 11.9. The quantitative estimate of drug-likeness (QED) is 0.235. The molecule has 4 aromatic rings. The maximum absolute atomic E-state index is 14.2. The van der Waals surface area contributed by atoms with Gasteiger partial charge in [0.1, 0.15) is 17.5 Å². The van der Waals surface area contributed by atoms with Crippen LogP contribution in [0.1, 0.15) is 53.2 Å². The Hall–Kier alpha value is -4.67. The monoisotopic (exact) mass is 582 g/mol. The lowest BCUT2D eigenvalue weighted by Crippen LogP contribution is -2.53. The predicted molar refractivity (Wildman–Crippen MR) is 159 cm³/mol. The Bertz CT molecular complexity index is 1710.